The standard InChI is InChI=1S/C20H17ClN2S2/c21-14-20(22)23-15-11-18(24-16-7-3-1-4-8-16)13-19(12-15)25-17-9-5-2-6-10-17/h1-13H,14H2,(H2,22,23). The lowest BCUT2D eigenvalue weighted by atomic mass is 10.3. The first-order valence-electron chi connectivity index (χ1n) is 7.73. The number of alkyl halides is 1. The Labute approximate surface area is 161 Å². The van der Waals surface area contributed by atoms with E-state index in [-0.39, 0.29) is 5.88 Å². The van der Waals surface area contributed by atoms with E-state index >= 15 is 0 Å². The maximum atomic E-state index is 5.81. The van der Waals surface area contributed by atoms with Gasteiger partial charge in [-0.05, 0) is 42.5 Å². The number of nitrogens with two attached hydrogens (primary N) is 1. The predicted octanol–water partition coefficient (Wildman–Crippen LogP) is 6.22. The first-order chi connectivity index (χ1) is 12.2. The predicted molar refractivity (Wildman–Crippen MR) is 110 cm³/mol. The van der Waals surface area contributed by atoms with Crippen LogP contribution in [0.2, 0.25) is 0 Å². The van der Waals surface area contributed by atoms with Gasteiger partial charge in [-0.3, -0.25) is 0 Å². The van der Waals surface area contributed by atoms with E-state index in [1.807, 2.05) is 48.5 Å². The van der Waals surface area contributed by atoms with Crippen LogP contribution >= 0.6 is 35.1 Å². The van der Waals surface area contributed by atoms with E-state index in [0.29, 0.717) is 5.84 Å². The van der Waals surface area contributed by atoms with Crippen molar-refractivity contribution < 1.29 is 0 Å². The Kier molecular flexibility index (Phi) is 6.45. The Morgan fingerprint density at radius 2 is 1.24 bits per heavy atom. The van der Waals surface area contributed by atoms with Crippen molar-refractivity contribution in [1.82, 2.24) is 0 Å². The molecular formula is C20H17ClN2S2. The molecule has 0 aliphatic rings. The van der Waals surface area contributed by atoms with Crippen molar-refractivity contribution in [3.63, 3.8) is 0 Å². The average Bonchev–Trinajstić information content (AvgIpc) is 2.63. The lowest BCUT2D eigenvalue weighted by Crippen LogP contribution is -2.12. The molecule has 0 aromatic heterocycles. The van der Waals surface area contributed by atoms with E-state index in [2.05, 4.69) is 35.3 Å². The van der Waals surface area contributed by atoms with E-state index in [4.69, 9.17) is 17.3 Å². The van der Waals surface area contributed by atoms with Gasteiger partial charge in [0, 0.05) is 19.6 Å². The van der Waals surface area contributed by atoms with Crippen LogP contribution in [0.3, 0.4) is 0 Å². The number of rotatable bonds is 6. The molecule has 0 spiro atoms. The minimum Gasteiger partial charge on any atom is -0.386 e. The van der Waals surface area contributed by atoms with Gasteiger partial charge in [-0.2, -0.15) is 0 Å². The molecule has 0 unspecified atom stereocenters. The summed E-state index contributed by atoms with van der Waals surface area (Å²) in [5.74, 6) is 0.635. The fourth-order valence-electron chi connectivity index (χ4n) is 2.18. The van der Waals surface area contributed by atoms with E-state index in [1.165, 1.54) is 9.79 Å². The van der Waals surface area contributed by atoms with Crippen molar-refractivity contribution in [2.75, 3.05) is 5.88 Å². The summed E-state index contributed by atoms with van der Waals surface area (Å²) in [4.78, 5) is 9.03. The SMILES string of the molecule is NC(CCl)=Nc1cc(Sc2ccccc2)cc(Sc2ccccc2)c1. The molecule has 0 atom stereocenters. The van der Waals surface area contributed by atoms with Crippen molar-refractivity contribution in [2.24, 2.45) is 10.7 Å². The average molecular weight is 385 g/mol. The van der Waals surface area contributed by atoms with Crippen molar-refractivity contribution >= 4 is 46.6 Å². The molecular weight excluding hydrogens is 368 g/mol. The van der Waals surface area contributed by atoms with Crippen molar-refractivity contribution in [3.05, 3.63) is 78.9 Å². The highest BCUT2D eigenvalue weighted by atomic mass is 35.5. The first kappa shape index (κ1) is 17.9. The van der Waals surface area contributed by atoms with Crippen LogP contribution in [0.4, 0.5) is 5.69 Å². The van der Waals surface area contributed by atoms with Gasteiger partial charge in [-0.15, -0.1) is 11.6 Å². The summed E-state index contributed by atoms with van der Waals surface area (Å²) in [5.41, 5.74) is 6.63. The number of hydrogen-bond acceptors (Lipinski definition) is 3. The number of halogens is 1. The summed E-state index contributed by atoms with van der Waals surface area (Å²) >= 11 is 9.18. The second kappa shape index (κ2) is 8.99. The zero-order valence-electron chi connectivity index (χ0n) is 13.4. The largest absolute Gasteiger partial charge is 0.386 e. The quantitative estimate of drug-likeness (QED) is 0.311. The Morgan fingerprint density at radius 3 is 1.68 bits per heavy atom. The molecule has 0 saturated carbocycles. The van der Waals surface area contributed by atoms with Gasteiger partial charge in [0.15, 0.2) is 0 Å². The monoisotopic (exact) mass is 384 g/mol. The third-order valence-corrected chi connectivity index (χ3v) is 5.46. The summed E-state index contributed by atoms with van der Waals surface area (Å²) < 4.78 is 0. The molecule has 0 saturated heterocycles. The number of hydrogen-bond donors (Lipinski definition) is 1. The van der Waals surface area contributed by atoms with Crippen LogP contribution in [0.1, 0.15) is 0 Å². The highest BCUT2D eigenvalue weighted by Gasteiger charge is 2.05. The van der Waals surface area contributed by atoms with Crippen LogP contribution < -0.4 is 5.73 Å². The van der Waals surface area contributed by atoms with Crippen molar-refractivity contribution in [1.29, 1.82) is 0 Å². The van der Waals surface area contributed by atoms with Crippen molar-refractivity contribution in [2.45, 2.75) is 19.6 Å². The maximum Gasteiger partial charge on any atom is 0.115 e. The van der Waals surface area contributed by atoms with E-state index in [9.17, 15) is 0 Å². The van der Waals surface area contributed by atoms with Crippen LogP contribution in [0.15, 0.2) is 103 Å². The Hall–Kier alpha value is -1.88. The smallest absolute Gasteiger partial charge is 0.115 e. The molecule has 2 N–H and O–H groups in total. The number of benzene rings is 3. The topological polar surface area (TPSA) is 38.4 Å². The zero-order chi connectivity index (χ0) is 17.5. The van der Waals surface area contributed by atoms with Crippen LogP contribution in [0.25, 0.3) is 0 Å². The lowest BCUT2D eigenvalue weighted by molar-refractivity contribution is 1.28. The fourth-order valence-corrected chi connectivity index (χ4v) is 4.18. The molecule has 0 radical (unpaired) electrons. The molecule has 5 heteroatoms. The Balaban J connectivity index is 1.93. The molecule has 126 valence electrons. The number of aliphatic imine (C=N–C) groups is 1. The molecule has 3 aromatic carbocycles. The van der Waals surface area contributed by atoms with Crippen LogP contribution in [0.5, 0.6) is 0 Å². The summed E-state index contributed by atoms with van der Waals surface area (Å²) in [6, 6.07) is 26.8. The molecule has 3 rings (SSSR count). The minimum absolute atomic E-state index is 0.219. The fraction of sp³-hybridized carbons (Fsp3) is 0.0500. The van der Waals surface area contributed by atoms with E-state index in [1.54, 1.807) is 23.5 Å². The van der Waals surface area contributed by atoms with Gasteiger partial charge in [-0.1, -0.05) is 59.9 Å². The molecule has 25 heavy (non-hydrogen) atoms. The second-order valence-electron chi connectivity index (χ2n) is 5.23. The summed E-state index contributed by atoms with van der Waals surface area (Å²) in [6.07, 6.45) is 0. The van der Waals surface area contributed by atoms with Gasteiger partial charge >= 0.3 is 0 Å². The van der Waals surface area contributed by atoms with Gasteiger partial charge in [0.05, 0.1) is 11.6 Å². The molecule has 2 nitrogen and oxygen atoms in total. The molecule has 0 fully saturated rings. The highest BCUT2D eigenvalue weighted by Crippen LogP contribution is 2.36. The minimum atomic E-state index is 0.219. The van der Waals surface area contributed by atoms with E-state index in [0.717, 1.165) is 15.5 Å². The zero-order valence-corrected chi connectivity index (χ0v) is 15.8. The molecule has 0 bridgehead atoms. The molecule has 0 heterocycles. The Morgan fingerprint density at radius 1 is 0.760 bits per heavy atom. The van der Waals surface area contributed by atoms with Crippen LogP contribution in [-0.2, 0) is 0 Å². The molecule has 0 aliphatic heterocycles. The number of amidine groups is 1. The van der Waals surface area contributed by atoms with Gasteiger partial charge in [-0.25, -0.2) is 4.99 Å². The van der Waals surface area contributed by atoms with Gasteiger partial charge in [0.1, 0.15) is 5.84 Å². The summed E-state index contributed by atoms with van der Waals surface area (Å²) in [5, 5.41) is 0. The summed E-state index contributed by atoms with van der Waals surface area (Å²) in [6.45, 7) is 0. The second-order valence-corrected chi connectivity index (χ2v) is 7.79. The Bertz CT molecular complexity index is 792. The normalized spacial score (nSPS) is 11.5. The van der Waals surface area contributed by atoms with Gasteiger partial charge in [0.2, 0.25) is 0 Å². The molecule has 0 amide bonds. The van der Waals surface area contributed by atoms with Gasteiger partial charge < -0.3 is 5.73 Å². The van der Waals surface area contributed by atoms with Crippen molar-refractivity contribution in [3.8, 4) is 0 Å². The summed E-state index contributed by atoms with van der Waals surface area (Å²) in [7, 11) is 0. The number of nitrogens with zero attached hydrogens (tertiary/aromatic N) is 1. The van der Waals surface area contributed by atoms with Gasteiger partial charge in [0.25, 0.3) is 0 Å². The molecule has 3 aromatic rings. The molecule has 0 aliphatic carbocycles. The first-order valence-corrected chi connectivity index (χ1v) is 9.89. The lowest BCUT2D eigenvalue weighted by Gasteiger charge is -2.08. The third-order valence-electron chi connectivity index (χ3n) is 3.23. The van der Waals surface area contributed by atoms with Crippen LogP contribution in [-0.4, -0.2) is 11.7 Å². The van der Waals surface area contributed by atoms with E-state index < -0.39 is 0 Å². The van der Waals surface area contributed by atoms with Crippen LogP contribution in [0, 0.1) is 0 Å². The maximum absolute atomic E-state index is 5.81. The third kappa shape index (κ3) is 5.56. The highest BCUT2D eigenvalue weighted by molar-refractivity contribution is 8.00.